The monoisotopic (exact) mass is 399 g/mol. The summed E-state index contributed by atoms with van der Waals surface area (Å²) < 4.78 is 5.83. The summed E-state index contributed by atoms with van der Waals surface area (Å²) in [4.78, 5) is 26.7. The highest BCUT2D eigenvalue weighted by Gasteiger charge is 2.28. The van der Waals surface area contributed by atoms with E-state index in [0.717, 1.165) is 12.0 Å². The Labute approximate surface area is 169 Å². The van der Waals surface area contributed by atoms with Crippen molar-refractivity contribution in [3.63, 3.8) is 0 Å². The van der Waals surface area contributed by atoms with Gasteiger partial charge in [0.05, 0.1) is 18.8 Å². The van der Waals surface area contributed by atoms with Crippen molar-refractivity contribution >= 4 is 23.6 Å². The van der Waals surface area contributed by atoms with Gasteiger partial charge < -0.3 is 14.7 Å². The predicted octanol–water partition coefficient (Wildman–Crippen LogP) is 3.93. The van der Waals surface area contributed by atoms with Gasteiger partial charge in [-0.3, -0.25) is 9.59 Å². The fourth-order valence-electron chi connectivity index (χ4n) is 3.23. The number of rotatable bonds is 8. The predicted molar refractivity (Wildman–Crippen MR) is 110 cm³/mol. The molecule has 0 aromatic heterocycles. The van der Waals surface area contributed by atoms with Crippen molar-refractivity contribution in [2.24, 2.45) is 5.92 Å². The van der Waals surface area contributed by atoms with Crippen LogP contribution in [0.1, 0.15) is 29.3 Å². The lowest BCUT2D eigenvalue weighted by molar-refractivity contribution is -0.136. The van der Waals surface area contributed by atoms with Crippen LogP contribution in [-0.2, 0) is 16.1 Å². The smallest absolute Gasteiger partial charge is 0.316 e. The quantitative estimate of drug-likeness (QED) is 0.681. The SMILES string of the molecule is CC(Sc1ccccc1C(=O)N1CCC(COCc2ccccc2)C1)C(=O)O. The minimum absolute atomic E-state index is 0.0359. The van der Waals surface area contributed by atoms with Crippen LogP contribution in [-0.4, -0.2) is 46.8 Å². The Hall–Kier alpha value is -2.31. The Bertz CT molecular complexity index is 811. The maximum atomic E-state index is 13.0. The molecule has 1 N–H and O–H groups in total. The maximum absolute atomic E-state index is 13.0. The van der Waals surface area contributed by atoms with Gasteiger partial charge in [0.25, 0.3) is 5.91 Å². The van der Waals surface area contributed by atoms with Crippen LogP contribution >= 0.6 is 11.8 Å². The van der Waals surface area contributed by atoms with Gasteiger partial charge in [-0.05, 0) is 31.0 Å². The first-order valence-corrected chi connectivity index (χ1v) is 10.3. The number of thioether (sulfide) groups is 1. The van der Waals surface area contributed by atoms with Crippen molar-refractivity contribution < 1.29 is 19.4 Å². The lowest BCUT2D eigenvalue weighted by Gasteiger charge is -2.19. The zero-order valence-corrected chi connectivity index (χ0v) is 16.7. The van der Waals surface area contributed by atoms with Crippen molar-refractivity contribution in [3.05, 3.63) is 65.7 Å². The van der Waals surface area contributed by atoms with Gasteiger partial charge in [-0.15, -0.1) is 11.8 Å². The fourth-order valence-corrected chi connectivity index (χ4v) is 4.15. The van der Waals surface area contributed by atoms with Crippen molar-refractivity contribution in [2.75, 3.05) is 19.7 Å². The molecular weight excluding hydrogens is 374 g/mol. The van der Waals surface area contributed by atoms with Crippen molar-refractivity contribution in [1.82, 2.24) is 4.90 Å². The van der Waals surface area contributed by atoms with E-state index < -0.39 is 11.2 Å². The number of carboxylic acids is 1. The Balaban J connectivity index is 1.55. The number of likely N-dealkylation sites (tertiary alicyclic amines) is 1. The summed E-state index contributed by atoms with van der Waals surface area (Å²) in [5, 5.41) is 8.55. The number of aliphatic carboxylic acids is 1. The van der Waals surface area contributed by atoms with E-state index in [0.29, 0.717) is 42.7 Å². The van der Waals surface area contributed by atoms with E-state index in [1.807, 2.05) is 53.4 Å². The van der Waals surface area contributed by atoms with Crippen molar-refractivity contribution in [3.8, 4) is 0 Å². The lowest BCUT2D eigenvalue weighted by atomic mass is 10.1. The zero-order valence-electron chi connectivity index (χ0n) is 15.9. The highest BCUT2D eigenvalue weighted by molar-refractivity contribution is 8.00. The van der Waals surface area contributed by atoms with Crippen LogP contribution < -0.4 is 0 Å². The maximum Gasteiger partial charge on any atom is 0.316 e. The molecule has 0 bridgehead atoms. The Kier molecular flexibility index (Phi) is 7.12. The van der Waals surface area contributed by atoms with E-state index in [1.54, 1.807) is 13.0 Å². The molecule has 1 saturated heterocycles. The van der Waals surface area contributed by atoms with Crippen LogP contribution in [0.4, 0.5) is 0 Å². The molecule has 2 aromatic carbocycles. The molecule has 0 spiro atoms. The number of benzene rings is 2. The van der Waals surface area contributed by atoms with Gasteiger partial charge in [-0.2, -0.15) is 0 Å². The summed E-state index contributed by atoms with van der Waals surface area (Å²) in [5.41, 5.74) is 1.72. The fraction of sp³-hybridized carbons (Fsp3) is 0.364. The average molecular weight is 400 g/mol. The molecule has 2 atom stereocenters. The molecule has 1 heterocycles. The molecule has 5 nitrogen and oxygen atoms in total. The van der Waals surface area contributed by atoms with Gasteiger partial charge in [-0.25, -0.2) is 0 Å². The summed E-state index contributed by atoms with van der Waals surface area (Å²) in [6.45, 7) is 4.21. The molecule has 3 rings (SSSR count). The van der Waals surface area contributed by atoms with Gasteiger partial charge in [0, 0.05) is 23.9 Å². The number of carbonyl (C=O) groups excluding carboxylic acids is 1. The number of carboxylic acid groups (broad SMARTS) is 1. The number of carbonyl (C=O) groups is 2. The van der Waals surface area contributed by atoms with Crippen molar-refractivity contribution in [2.45, 2.75) is 30.1 Å². The molecule has 2 unspecified atom stereocenters. The van der Waals surface area contributed by atoms with Gasteiger partial charge in [0.1, 0.15) is 5.25 Å². The lowest BCUT2D eigenvalue weighted by Crippen LogP contribution is -2.30. The standard InChI is InChI=1S/C22H25NO4S/c1-16(22(25)26)28-20-10-6-5-9-19(20)21(24)23-12-11-18(13-23)15-27-14-17-7-3-2-4-8-17/h2-10,16,18H,11-15H2,1H3,(H,25,26). The summed E-state index contributed by atoms with van der Waals surface area (Å²) in [6, 6.07) is 17.3. The second-order valence-corrected chi connectivity index (χ2v) is 8.38. The normalized spacial score (nSPS) is 17.5. The largest absolute Gasteiger partial charge is 0.480 e. The van der Waals surface area contributed by atoms with Crippen LogP contribution in [0, 0.1) is 5.92 Å². The van der Waals surface area contributed by atoms with Crippen LogP contribution in [0.5, 0.6) is 0 Å². The Morgan fingerprint density at radius 1 is 1.18 bits per heavy atom. The molecule has 2 aromatic rings. The van der Waals surface area contributed by atoms with E-state index in [1.165, 1.54) is 11.8 Å². The molecule has 6 heteroatoms. The van der Waals surface area contributed by atoms with E-state index in [9.17, 15) is 9.59 Å². The average Bonchev–Trinajstić information content (AvgIpc) is 3.17. The second kappa shape index (κ2) is 9.75. The van der Waals surface area contributed by atoms with Crippen LogP contribution in [0.3, 0.4) is 0 Å². The second-order valence-electron chi connectivity index (χ2n) is 7.00. The minimum atomic E-state index is -0.885. The molecule has 0 aliphatic carbocycles. The molecule has 28 heavy (non-hydrogen) atoms. The van der Waals surface area contributed by atoms with Gasteiger partial charge >= 0.3 is 5.97 Å². The van der Waals surface area contributed by atoms with E-state index in [2.05, 4.69) is 0 Å². The Morgan fingerprint density at radius 3 is 2.64 bits per heavy atom. The first kappa shape index (κ1) is 20.4. The summed E-state index contributed by atoms with van der Waals surface area (Å²) in [7, 11) is 0. The van der Waals surface area contributed by atoms with E-state index >= 15 is 0 Å². The molecule has 1 fully saturated rings. The number of hydrogen-bond donors (Lipinski definition) is 1. The number of amides is 1. The molecular formula is C22H25NO4S. The molecule has 0 radical (unpaired) electrons. The van der Waals surface area contributed by atoms with Gasteiger partial charge in [-0.1, -0.05) is 42.5 Å². The topological polar surface area (TPSA) is 66.8 Å². The van der Waals surface area contributed by atoms with Crippen LogP contribution in [0.25, 0.3) is 0 Å². The highest BCUT2D eigenvalue weighted by Crippen LogP contribution is 2.29. The number of nitrogens with zero attached hydrogens (tertiary/aromatic N) is 1. The number of hydrogen-bond acceptors (Lipinski definition) is 4. The van der Waals surface area contributed by atoms with E-state index in [-0.39, 0.29) is 5.91 Å². The third-order valence-electron chi connectivity index (χ3n) is 4.81. The van der Waals surface area contributed by atoms with Gasteiger partial charge in [0.15, 0.2) is 0 Å². The minimum Gasteiger partial charge on any atom is -0.480 e. The summed E-state index contributed by atoms with van der Waals surface area (Å²) in [6.07, 6.45) is 0.918. The molecule has 1 amide bonds. The zero-order chi connectivity index (χ0) is 19.9. The third-order valence-corrected chi connectivity index (χ3v) is 5.97. The first-order chi connectivity index (χ1) is 13.5. The summed E-state index contributed by atoms with van der Waals surface area (Å²) >= 11 is 1.21. The molecule has 1 aliphatic heterocycles. The van der Waals surface area contributed by atoms with Crippen LogP contribution in [0.15, 0.2) is 59.5 Å². The van der Waals surface area contributed by atoms with Gasteiger partial charge in [0.2, 0.25) is 0 Å². The summed E-state index contributed by atoms with van der Waals surface area (Å²) in [5.74, 6) is -0.597. The first-order valence-electron chi connectivity index (χ1n) is 9.44. The number of ether oxygens (including phenoxy) is 1. The highest BCUT2D eigenvalue weighted by atomic mass is 32.2. The molecule has 148 valence electrons. The third kappa shape index (κ3) is 5.36. The molecule has 0 saturated carbocycles. The Morgan fingerprint density at radius 2 is 1.89 bits per heavy atom. The van der Waals surface area contributed by atoms with Crippen LogP contribution in [0.2, 0.25) is 0 Å². The molecule has 1 aliphatic rings. The van der Waals surface area contributed by atoms with E-state index in [4.69, 9.17) is 9.84 Å². The van der Waals surface area contributed by atoms with Crippen molar-refractivity contribution in [1.29, 1.82) is 0 Å².